The zero-order valence-corrected chi connectivity index (χ0v) is 24.7. The lowest BCUT2D eigenvalue weighted by Gasteiger charge is -2.48. The molecule has 3 aliphatic rings. The van der Waals surface area contributed by atoms with Crippen LogP contribution < -0.4 is 20.3 Å². The summed E-state index contributed by atoms with van der Waals surface area (Å²) >= 11 is 0. The topological polar surface area (TPSA) is 90.9 Å². The van der Waals surface area contributed by atoms with Crippen LogP contribution in [0.1, 0.15) is 78.5 Å². The number of amides is 2. The van der Waals surface area contributed by atoms with E-state index in [1.54, 1.807) is 6.07 Å². The number of nitrogens with zero attached hydrogens (tertiary/aromatic N) is 1. The molecule has 2 amide bonds. The van der Waals surface area contributed by atoms with Crippen LogP contribution in [0.5, 0.6) is 5.75 Å². The molecule has 2 heterocycles. The summed E-state index contributed by atoms with van der Waals surface area (Å²) < 4.78 is 22.1. The van der Waals surface area contributed by atoms with E-state index < -0.39 is 23.9 Å². The number of benzene rings is 3. The van der Waals surface area contributed by atoms with Crippen molar-refractivity contribution in [1.82, 2.24) is 10.6 Å². The number of carbonyl (C=O) groups excluding carboxylic acids is 2. The van der Waals surface area contributed by atoms with Crippen molar-refractivity contribution in [3.8, 4) is 5.75 Å². The standard InChI is InChI=1S/C35H40FN3O4/c1-2-23-14-15-31-26(19-23)28(21-35(43-31)16-8-17-35)37-22-30(40)27(20-24-9-4-3-5-10-24)38-34(42)25-11-6-12-29(33(25)36)39-18-7-13-32(39)41/h3-6,9-12,14-15,19,27-28,30,37,40H,2,7-8,13,16-18,20-22H2,1H3,(H,38,42)/t27-,28-,30+/m0/s1. The van der Waals surface area contributed by atoms with Gasteiger partial charge in [0, 0.05) is 37.5 Å². The molecule has 6 rings (SSSR count). The van der Waals surface area contributed by atoms with Crippen molar-refractivity contribution in [2.45, 2.75) is 82.1 Å². The average Bonchev–Trinajstić information content (AvgIpc) is 3.44. The number of halogens is 1. The van der Waals surface area contributed by atoms with Crippen molar-refractivity contribution in [2.24, 2.45) is 0 Å². The van der Waals surface area contributed by atoms with Crippen LogP contribution in [0.15, 0.2) is 66.7 Å². The van der Waals surface area contributed by atoms with Gasteiger partial charge in [-0.05, 0) is 67.9 Å². The minimum absolute atomic E-state index is 0.00500. The maximum absolute atomic E-state index is 15.6. The Balaban J connectivity index is 1.21. The third kappa shape index (κ3) is 6.17. The van der Waals surface area contributed by atoms with E-state index in [4.69, 9.17) is 4.74 Å². The average molecular weight is 586 g/mol. The van der Waals surface area contributed by atoms with Gasteiger partial charge in [-0.1, -0.05) is 55.5 Å². The first-order chi connectivity index (χ1) is 20.9. The maximum atomic E-state index is 15.6. The molecule has 1 saturated heterocycles. The van der Waals surface area contributed by atoms with E-state index >= 15 is 4.39 Å². The van der Waals surface area contributed by atoms with Crippen LogP contribution in [0.25, 0.3) is 0 Å². The first-order valence-corrected chi connectivity index (χ1v) is 15.5. The highest BCUT2D eigenvalue weighted by molar-refractivity contribution is 5.99. The number of rotatable bonds is 10. The zero-order valence-electron chi connectivity index (χ0n) is 24.7. The van der Waals surface area contributed by atoms with E-state index in [1.807, 2.05) is 30.3 Å². The minimum atomic E-state index is -0.950. The zero-order chi connectivity index (χ0) is 30.0. The number of anilines is 1. The molecule has 3 atom stereocenters. The fourth-order valence-corrected chi connectivity index (χ4v) is 6.61. The number of carbonyl (C=O) groups is 2. The summed E-state index contributed by atoms with van der Waals surface area (Å²) in [6.07, 6.45) is 5.37. The molecule has 2 fully saturated rings. The van der Waals surface area contributed by atoms with Gasteiger partial charge in [0.2, 0.25) is 5.91 Å². The molecule has 3 aromatic carbocycles. The van der Waals surface area contributed by atoms with Crippen LogP contribution in [0.2, 0.25) is 0 Å². The number of ether oxygens (including phenoxy) is 1. The summed E-state index contributed by atoms with van der Waals surface area (Å²) in [6.45, 7) is 2.79. The van der Waals surface area contributed by atoms with Gasteiger partial charge in [-0.15, -0.1) is 0 Å². The highest BCUT2D eigenvalue weighted by Crippen LogP contribution is 2.49. The lowest BCUT2D eigenvalue weighted by molar-refractivity contribution is -0.117. The van der Waals surface area contributed by atoms with Crippen LogP contribution in [0.3, 0.4) is 0 Å². The lowest BCUT2D eigenvalue weighted by atomic mass is 9.72. The second-order valence-corrected chi connectivity index (χ2v) is 12.2. The summed E-state index contributed by atoms with van der Waals surface area (Å²) in [5.74, 6) is -0.596. The summed E-state index contributed by atoms with van der Waals surface area (Å²) in [4.78, 5) is 27.2. The molecule has 3 N–H and O–H groups in total. The molecule has 226 valence electrons. The highest BCUT2D eigenvalue weighted by atomic mass is 19.1. The summed E-state index contributed by atoms with van der Waals surface area (Å²) in [7, 11) is 0. The second-order valence-electron chi connectivity index (χ2n) is 12.2. The summed E-state index contributed by atoms with van der Waals surface area (Å²) in [6, 6.07) is 19.9. The quantitative estimate of drug-likeness (QED) is 0.302. The molecule has 1 aliphatic carbocycles. The fourth-order valence-electron chi connectivity index (χ4n) is 6.61. The van der Waals surface area contributed by atoms with Gasteiger partial charge in [-0.2, -0.15) is 0 Å². The third-order valence-corrected chi connectivity index (χ3v) is 9.27. The maximum Gasteiger partial charge on any atom is 0.254 e. The van der Waals surface area contributed by atoms with E-state index in [2.05, 4.69) is 35.8 Å². The Morgan fingerprint density at radius 2 is 1.91 bits per heavy atom. The highest BCUT2D eigenvalue weighted by Gasteiger charge is 2.45. The van der Waals surface area contributed by atoms with Gasteiger partial charge in [-0.3, -0.25) is 9.59 Å². The molecular formula is C35H40FN3O4. The van der Waals surface area contributed by atoms with Crippen LogP contribution in [-0.2, 0) is 17.6 Å². The summed E-state index contributed by atoms with van der Waals surface area (Å²) in [5.41, 5.74) is 3.08. The molecule has 8 heteroatoms. The lowest BCUT2D eigenvalue weighted by Crippen LogP contribution is -2.52. The van der Waals surface area contributed by atoms with Gasteiger partial charge in [0.15, 0.2) is 5.82 Å². The molecular weight excluding hydrogens is 545 g/mol. The molecule has 0 bridgehead atoms. The Morgan fingerprint density at radius 1 is 1.09 bits per heavy atom. The van der Waals surface area contributed by atoms with Crippen molar-refractivity contribution in [3.63, 3.8) is 0 Å². The minimum Gasteiger partial charge on any atom is -0.487 e. The number of aliphatic hydroxyl groups excluding tert-OH is 1. The Hall–Kier alpha value is -3.75. The van der Waals surface area contributed by atoms with E-state index in [9.17, 15) is 14.7 Å². The number of hydrogen-bond donors (Lipinski definition) is 3. The number of nitrogens with one attached hydrogen (secondary N) is 2. The predicted molar refractivity (Wildman–Crippen MR) is 164 cm³/mol. The molecule has 3 aromatic rings. The van der Waals surface area contributed by atoms with Gasteiger partial charge in [0.25, 0.3) is 5.91 Å². The molecule has 0 aromatic heterocycles. The van der Waals surface area contributed by atoms with Crippen molar-refractivity contribution in [3.05, 3.63) is 94.8 Å². The molecule has 7 nitrogen and oxygen atoms in total. The number of aliphatic hydroxyl groups is 1. The Morgan fingerprint density at radius 3 is 2.60 bits per heavy atom. The molecule has 1 spiro atoms. The van der Waals surface area contributed by atoms with Crippen molar-refractivity contribution >= 4 is 17.5 Å². The predicted octanol–water partition coefficient (Wildman–Crippen LogP) is 5.25. The van der Waals surface area contributed by atoms with Gasteiger partial charge < -0.3 is 25.4 Å². The van der Waals surface area contributed by atoms with E-state index in [0.717, 1.165) is 49.0 Å². The van der Waals surface area contributed by atoms with Gasteiger partial charge in [0.1, 0.15) is 11.4 Å². The van der Waals surface area contributed by atoms with Crippen molar-refractivity contribution < 1.29 is 23.8 Å². The fraction of sp³-hybridized carbons (Fsp3) is 0.429. The van der Waals surface area contributed by atoms with Crippen LogP contribution in [0, 0.1) is 5.82 Å². The van der Waals surface area contributed by atoms with Gasteiger partial charge >= 0.3 is 0 Å². The molecule has 1 saturated carbocycles. The van der Waals surface area contributed by atoms with Gasteiger partial charge in [0.05, 0.1) is 23.4 Å². The van der Waals surface area contributed by atoms with Crippen molar-refractivity contribution in [1.29, 1.82) is 0 Å². The normalized spacial score (nSPS) is 20.2. The van der Waals surface area contributed by atoms with Gasteiger partial charge in [-0.25, -0.2) is 4.39 Å². The largest absolute Gasteiger partial charge is 0.487 e. The molecule has 0 radical (unpaired) electrons. The Kier molecular flexibility index (Phi) is 8.50. The molecule has 43 heavy (non-hydrogen) atoms. The number of aryl methyl sites for hydroxylation is 1. The summed E-state index contributed by atoms with van der Waals surface area (Å²) in [5, 5.41) is 18.0. The molecule has 2 aliphatic heterocycles. The van der Waals surface area contributed by atoms with E-state index in [-0.39, 0.29) is 35.3 Å². The SMILES string of the molecule is CCc1ccc2c(c1)[C@@H](NC[C@@H](O)[C@H](Cc1ccccc1)NC(=O)c1cccc(N3CCCC3=O)c1F)CC1(CCC1)O2. The van der Waals surface area contributed by atoms with Crippen LogP contribution in [-0.4, -0.2) is 47.8 Å². The number of hydrogen-bond acceptors (Lipinski definition) is 5. The second kappa shape index (κ2) is 12.5. The third-order valence-electron chi connectivity index (χ3n) is 9.27. The van der Waals surface area contributed by atoms with E-state index in [1.165, 1.54) is 22.6 Å². The van der Waals surface area contributed by atoms with Crippen molar-refractivity contribution in [2.75, 3.05) is 18.0 Å². The number of fused-ring (bicyclic) bond motifs is 1. The first kappa shape index (κ1) is 29.3. The monoisotopic (exact) mass is 585 g/mol. The Labute approximate surface area is 252 Å². The molecule has 0 unspecified atom stereocenters. The van der Waals surface area contributed by atoms with Crippen LogP contribution >= 0.6 is 0 Å². The van der Waals surface area contributed by atoms with E-state index in [0.29, 0.717) is 25.8 Å². The first-order valence-electron chi connectivity index (χ1n) is 15.5. The van der Waals surface area contributed by atoms with Crippen LogP contribution in [0.4, 0.5) is 10.1 Å². The smallest absolute Gasteiger partial charge is 0.254 e. The Bertz CT molecular complexity index is 1480.